The van der Waals surface area contributed by atoms with Crippen LogP contribution in [0.4, 0.5) is 20.7 Å². The maximum absolute atomic E-state index is 15.0. The number of hydrogen-bond donors (Lipinski definition) is 5. The van der Waals surface area contributed by atoms with Crippen LogP contribution in [0.15, 0.2) is 55.2 Å². The Kier molecular flexibility index (Phi) is 4.43. The zero-order chi connectivity index (χ0) is 21.4. The van der Waals surface area contributed by atoms with E-state index in [-0.39, 0.29) is 11.6 Å². The van der Waals surface area contributed by atoms with Gasteiger partial charge in [0.25, 0.3) is 5.91 Å². The van der Waals surface area contributed by atoms with Gasteiger partial charge in [-0.25, -0.2) is 19.2 Å². The van der Waals surface area contributed by atoms with Gasteiger partial charge < -0.3 is 20.6 Å². The number of carbonyl (C=O) groups is 2. The van der Waals surface area contributed by atoms with Crippen LogP contribution in [0.3, 0.4) is 0 Å². The van der Waals surface area contributed by atoms with Gasteiger partial charge in [-0.05, 0) is 35.4 Å². The highest BCUT2D eigenvalue weighted by atomic mass is 19.1. The smallest absolute Gasteiger partial charge is 0.324 e. The van der Waals surface area contributed by atoms with Crippen molar-refractivity contribution in [1.29, 1.82) is 0 Å². The van der Waals surface area contributed by atoms with Gasteiger partial charge in [0.15, 0.2) is 5.82 Å². The molecule has 3 amide bonds. The first-order valence-corrected chi connectivity index (χ1v) is 9.40. The molecule has 5 N–H and O–H groups in total. The van der Waals surface area contributed by atoms with E-state index in [0.717, 1.165) is 0 Å². The first-order chi connectivity index (χ1) is 15.1. The van der Waals surface area contributed by atoms with Gasteiger partial charge in [0.2, 0.25) is 0 Å². The monoisotopic (exact) mass is 417 g/mol. The first kappa shape index (κ1) is 18.6. The lowest BCUT2D eigenvalue weighted by molar-refractivity contribution is 0.0966. The minimum absolute atomic E-state index is 0.225. The zero-order valence-corrected chi connectivity index (χ0v) is 16.0. The summed E-state index contributed by atoms with van der Waals surface area (Å²) in [5.74, 6) is 0.170. The third-order valence-corrected chi connectivity index (χ3v) is 4.98. The topological polar surface area (TPSA) is 128 Å². The Balaban J connectivity index is 1.46. The highest BCUT2D eigenvalue weighted by molar-refractivity contribution is 6.06. The number of amides is 3. The summed E-state index contributed by atoms with van der Waals surface area (Å²) in [6.07, 6.45) is 6.23. The summed E-state index contributed by atoms with van der Waals surface area (Å²) >= 11 is 0. The summed E-state index contributed by atoms with van der Waals surface area (Å²) < 4.78 is 15.0. The molecule has 0 radical (unpaired) electrons. The maximum Gasteiger partial charge on any atom is 0.324 e. The van der Waals surface area contributed by atoms with Crippen LogP contribution in [-0.2, 0) is 6.54 Å². The fourth-order valence-corrected chi connectivity index (χ4v) is 3.63. The Morgan fingerprint density at radius 2 is 1.90 bits per heavy atom. The van der Waals surface area contributed by atoms with Crippen molar-refractivity contribution in [3.63, 3.8) is 0 Å². The average molecular weight is 417 g/mol. The Morgan fingerprint density at radius 1 is 1.06 bits per heavy atom. The maximum atomic E-state index is 15.0. The number of nitrogens with one attached hydrogen (secondary N) is 5. The van der Waals surface area contributed by atoms with Gasteiger partial charge in [0, 0.05) is 41.9 Å². The molecule has 0 saturated heterocycles. The molecule has 4 aromatic rings. The van der Waals surface area contributed by atoms with Gasteiger partial charge in [0.1, 0.15) is 11.6 Å². The molecule has 0 atom stereocenters. The number of aromatic amines is 2. The van der Waals surface area contributed by atoms with E-state index in [1.807, 2.05) is 0 Å². The van der Waals surface area contributed by atoms with E-state index in [2.05, 4.69) is 35.9 Å². The summed E-state index contributed by atoms with van der Waals surface area (Å²) in [4.78, 5) is 38.3. The molecule has 9 nitrogen and oxygen atoms in total. The fraction of sp³-hybridized carbons (Fsp3) is 0.0476. The Bertz CT molecular complexity index is 1280. The van der Waals surface area contributed by atoms with Crippen LogP contribution in [0.1, 0.15) is 15.9 Å². The van der Waals surface area contributed by atoms with E-state index < -0.39 is 11.8 Å². The second-order valence-electron chi connectivity index (χ2n) is 6.86. The average Bonchev–Trinajstić information content (AvgIpc) is 3.51. The molecule has 2 aromatic carbocycles. The van der Waals surface area contributed by atoms with E-state index in [0.29, 0.717) is 46.0 Å². The van der Waals surface area contributed by atoms with Crippen LogP contribution in [0.25, 0.3) is 22.5 Å². The van der Waals surface area contributed by atoms with E-state index in [4.69, 9.17) is 0 Å². The highest BCUT2D eigenvalue weighted by Gasteiger charge is 2.28. The van der Waals surface area contributed by atoms with E-state index in [1.165, 1.54) is 18.6 Å². The van der Waals surface area contributed by atoms with Crippen molar-refractivity contribution in [1.82, 2.24) is 25.3 Å². The number of anilines is 2. The first-order valence-electron chi connectivity index (χ1n) is 9.40. The predicted octanol–water partition coefficient (Wildman–Crippen LogP) is 3.49. The highest BCUT2D eigenvalue weighted by Crippen LogP contribution is 2.36. The van der Waals surface area contributed by atoms with Crippen LogP contribution in [0, 0.1) is 5.82 Å². The van der Waals surface area contributed by atoms with Gasteiger partial charge >= 0.3 is 6.03 Å². The molecule has 1 aliphatic heterocycles. The molecule has 5 rings (SSSR count). The molecule has 0 unspecified atom stereocenters. The van der Waals surface area contributed by atoms with Gasteiger partial charge in [-0.2, -0.15) is 0 Å². The number of nitrogens with zero attached hydrogens (tertiary/aromatic N) is 2. The van der Waals surface area contributed by atoms with Crippen molar-refractivity contribution in [3.05, 3.63) is 72.2 Å². The fourth-order valence-electron chi connectivity index (χ4n) is 3.63. The van der Waals surface area contributed by atoms with Gasteiger partial charge in [-0.3, -0.25) is 10.1 Å². The quantitative estimate of drug-likeness (QED) is 0.348. The lowest BCUT2D eigenvalue weighted by atomic mass is 9.92. The van der Waals surface area contributed by atoms with Crippen molar-refractivity contribution < 1.29 is 14.0 Å². The van der Waals surface area contributed by atoms with E-state index >= 15 is 0 Å². The number of rotatable bonds is 4. The molecular weight excluding hydrogens is 401 g/mol. The molecule has 10 heteroatoms. The lowest BCUT2D eigenvalue weighted by Crippen LogP contribution is -2.19. The number of urea groups is 1. The summed E-state index contributed by atoms with van der Waals surface area (Å²) in [7, 11) is 0. The Morgan fingerprint density at radius 3 is 2.65 bits per heavy atom. The van der Waals surface area contributed by atoms with E-state index in [1.54, 1.807) is 36.7 Å². The number of fused-ring (bicyclic) bond motifs is 1. The number of imidazole rings is 2. The largest absolute Gasteiger partial charge is 0.349 e. The molecule has 0 fully saturated rings. The summed E-state index contributed by atoms with van der Waals surface area (Å²) in [6, 6.07) is 7.38. The summed E-state index contributed by atoms with van der Waals surface area (Å²) in [6.45, 7) is 0.295. The van der Waals surface area contributed by atoms with Gasteiger partial charge in [0.05, 0.1) is 11.9 Å². The third kappa shape index (κ3) is 3.39. The van der Waals surface area contributed by atoms with Crippen molar-refractivity contribution in [2.24, 2.45) is 0 Å². The number of H-pyrrole nitrogens is 2. The number of benzene rings is 2. The van der Waals surface area contributed by atoms with Crippen molar-refractivity contribution in [2.45, 2.75) is 6.54 Å². The molecule has 2 aromatic heterocycles. The molecule has 31 heavy (non-hydrogen) atoms. The molecule has 3 heterocycles. The second kappa shape index (κ2) is 7.41. The molecule has 0 saturated carbocycles. The minimum atomic E-state index is -0.544. The number of carbonyl (C=O) groups excluding carboxylic acids is 2. The minimum Gasteiger partial charge on any atom is -0.349 e. The molecule has 0 bridgehead atoms. The van der Waals surface area contributed by atoms with E-state index in [9.17, 15) is 14.0 Å². The summed E-state index contributed by atoms with van der Waals surface area (Å²) in [5, 5.41) is 7.89. The predicted molar refractivity (Wildman–Crippen MR) is 112 cm³/mol. The Hall–Kier alpha value is -4.47. The Labute approximate surface area is 175 Å². The van der Waals surface area contributed by atoms with Crippen LogP contribution < -0.4 is 16.0 Å². The SMILES string of the molecule is O=C(Nc1ccc(-c2ccc(-c3ncc[nH]3)c3c2CNC3=O)c(F)c1)Nc1c[nH]cn1. The molecule has 154 valence electrons. The zero-order valence-electron chi connectivity index (χ0n) is 16.0. The van der Waals surface area contributed by atoms with Crippen molar-refractivity contribution in [2.75, 3.05) is 10.6 Å². The van der Waals surface area contributed by atoms with Crippen LogP contribution in [0.2, 0.25) is 0 Å². The third-order valence-electron chi connectivity index (χ3n) is 4.98. The number of halogens is 1. The van der Waals surface area contributed by atoms with Crippen molar-refractivity contribution in [3.8, 4) is 22.5 Å². The van der Waals surface area contributed by atoms with Gasteiger partial charge in [-0.1, -0.05) is 6.07 Å². The normalized spacial score (nSPS) is 12.4. The van der Waals surface area contributed by atoms with Crippen molar-refractivity contribution >= 4 is 23.4 Å². The number of aromatic nitrogens is 4. The lowest BCUT2D eigenvalue weighted by Gasteiger charge is -2.13. The van der Waals surface area contributed by atoms with Gasteiger partial charge in [-0.15, -0.1) is 0 Å². The molecule has 0 spiro atoms. The summed E-state index contributed by atoms with van der Waals surface area (Å²) in [5.41, 5.74) is 3.06. The molecule has 0 aliphatic carbocycles. The van der Waals surface area contributed by atoms with Crippen LogP contribution in [-0.4, -0.2) is 31.9 Å². The molecule has 1 aliphatic rings. The standard InChI is InChI=1S/C21H16FN7O2/c22-16-7-11(28-21(31)29-17-9-23-10-27-17)1-2-13(16)12-3-4-14(19-24-5-6-25-19)18-15(12)8-26-20(18)30/h1-7,9-10H,8H2,(H,23,27)(H,24,25)(H,26,30)(H2,28,29,31). The second-order valence-corrected chi connectivity index (χ2v) is 6.86. The van der Waals surface area contributed by atoms with Crippen LogP contribution in [0.5, 0.6) is 0 Å². The molecular formula is C21H16FN7O2. The van der Waals surface area contributed by atoms with Crippen LogP contribution >= 0.6 is 0 Å². The number of hydrogen-bond acceptors (Lipinski definition) is 4.